The van der Waals surface area contributed by atoms with Gasteiger partial charge in [0.15, 0.2) is 0 Å². The molecule has 3 N–H and O–H groups in total. The number of amides is 1. The van der Waals surface area contributed by atoms with Gasteiger partial charge in [-0.05, 0) is 24.3 Å². The number of nitrogens with one attached hydrogen (secondary N) is 1. The third-order valence-corrected chi connectivity index (χ3v) is 5.28. The van der Waals surface area contributed by atoms with Gasteiger partial charge in [0.2, 0.25) is 5.91 Å². The summed E-state index contributed by atoms with van der Waals surface area (Å²) in [6, 6.07) is 7.17. The van der Waals surface area contributed by atoms with Gasteiger partial charge >= 0.3 is 0 Å². The molecule has 14 nitrogen and oxygen atoms in total. The number of hydrogen-bond acceptors (Lipinski definition) is 13. The van der Waals surface area contributed by atoms with Crippen LogP contribution in [-0.2, 0) is 52.2 Å². The lowest BCUT2D eigenvalue weighted by molar-refractivity contribution is -0.114. The highest BCUT2D eigenvalue weighted by atomic mass is 16.6. The van der Waals surface area contributed by atoms with Crippen molar-refractivity contribution in [2.75, 3.05) is 151 Å². The molecule has 1 rings (SSSR count). The summed E-state index contributed by atoms with van der Waals surface area (Å²) in [7, 11) is 0. The van der Waals surface area contributed by atoms with Crippen LogP contribution in [0.15, 0.2) is 24.3 Å². The van der Waals surface area contributed by atoms with E-state index in [1.54, 1.807) is 24.3 Å². The molecule has 0 saturated carbocycles. The van der Waals surface area contributed by atoms with Crippen molar-refractivity contribution in [2.24, 2.45) is 5.73 Å². The van der Waals surface area contributed by atoms with Crippen molar-refractivity contribution in [2.45, 2.75) is 6.92 Å². The van der Waals surface area contributed by atoms with E-state index in [0.29, 0.717) is 151 Å². The predicted octanol–water partition coefficient (Wildman–Crippen LogP) is 1.15. The smallest absolute Gasteiger partial charge is 0.221 e. The molecule has 0 aliphatic rings. The molecule has 0 aliphatic carbocycles. The third kappa shape index (κ3) is 28.8. The maximum atomic E-state index is 11.0. The van der Waals surface area contributed by atoms with Crippen molar-refractivity contribution in [1.29, 1.82) is 0 Å². The van der Waals surface area contributed by atoms with E-state index >= 15 is 0 Å². The molecule has 0 aromatic heterocycles. The van der Waals surface area contributed by atoms with Crippen LogP contribution in [0.1, 0.15) is 6.92 Å². The van der Waals surface area contributed by atoms with E-state index in [4.69, 9.17) is 57.8 Å². The topological polar surface area (TPSA) is 157 Å². The van der Waals surface area contributed by atoms with Crippen molar-refractivity contribution < 1.29 is 56.9 Å². The fourth-order valence-corrected chi connectivity index (χ4v) is 3.22. The summed E-state index contributed by atoms with van der Waals surface area (Å²) in [6.45, 7) is 12.6. The van der Waals surface area contributed by atoms with E-state index in [0.717, 1.165) is 5.69 Å². The Kier molecular flexibility index (Phi) is 29.5. The Balaban J connectivity index is 1.67. The zero-order valence-corrected chi connectivity index (χ0v) is 26.3. The number of carbonyl (C=O) groups is 1. The summed E-state index contributed by atoms with van der Waals surface area (Å²) in [5, 5.41) is 2.71. The SMILES string of the molecule is CC(=O)Nc1ccc(OCCOCCOCCOCCOCCOCCOCCOCCOCCOCCOCCN)cc1. The number of carbonyl (C=O) groups excluding carboxylic acids is 1. The Morgan fingerprint density at radius 2 is 0.750 bits per heavy atom. The molecule has 14 heteroatoms. The standard InChI is InChI=1S/C30H54N2O12/c1-28(33)32-29-2-4-30(5-3-29)44-27-26-43-25-24-42-23-22-41-21-20-40-19-18-39-17-16-38-15-14-37-13-12-36-11-10-35-9-8-34-7-6-31/h2-5H,6-27,31H2,1H3,(H,32,33). The zero-order chi connectivity index (χ0) is 31.6. The molecule has 256 valence electrons. The van der Waals surface area contributed by atoms with Gasteiger partial charge in [-0.15, -0.1) is 0 Å². The number of benzene rings is 1. The molecule has 0 spiro atoms. The lowest BCUT2D eigenvalue weighted by atomic mass is 10.3. The molecule has 1 aromatic carbocycles. The molecular weight excluding hydrogens is 580 g/mol. The second-order valence-electron chi connectivity index (χ2n) is 8.97. The zero-order valence-electron chi connectivity index (χ0n) is 26.3. The molecule has 0 aliphatic heterocycles. The molecule has 0 fully saturated rings. The molecule has 0 unspecified atom stereocenters. The Hall–Kier alpha value is -1.95. The summed E-state index contributed by atoms with van der Waals surface area (Å²) in [4.78, 5) is 11.0. The lowest BCUT2D eigenvalue weighted by Crippen LogP contribution is -2.15. The first kappa shape index (κ1) is 40.1. The first-order chi connectivity index (χ1) is 21.7. The molecule has 1 aromatic rings. The van der Waals surface area contributed by atoms with Crippen molar-refractivity contribution in [3.05, 3.63) is 24.3 Å². The Labute approximate surface area is 261 Å². The number of hydrogen-bond donors (Lipinski definition) is 2. The minimum atomic E-state index is -0.108. The molecule has 0 heterocycles. The van der Waals surface area contributed by atoms with Crippen molar-refractivity contribution in [1.82, 2.24) is 0 Å². The molecule has 0 atom stereocenters. The van der Waals surface area contributed by atoms with Gasteiger partial charge in [0.25, 0.3) is 0 Å². The average molecular weight is 635 g/mol. The predicted molar refractivity (Wildman–Crippen MR) is 163 cm³/mol. The molecular formula is C30H54N2O12. The number of nitrogens with two attached hydrogens (primary N) is 1. The number of rotatable bonds is 34. The minimum Gasteiger partial charge on any atom is -0.491 e. The summed E-state index contributed by atoms with van der Waals surface area (Å²) < 4.78 is 59.9. The van der Waals surface area contributed by atoms with Gasteiger partial charge in [0.1, 0.15) is 12.4 Å². The first-order valence-electron chi connectivity index (χ1n) is 15.2. The maximum Gasteiger partial charge on any atom is 0.221 e. The normalized spacial score (nSPS) is 11.2. The van der Waals surface area contributed by atoms with Gasteiger partial charge in [0, 0.05) is 19.2 Å². The van der Waals surface area contributed by atoms with E-state index in [9.17, 15) is 4.79 Å². The van der Waals surface area contributed by atoms with Crippen molar-refractivity contribution in [3.8, 4) is 5.75 Å². The average Bonchev–Trinajstić information content (AvgIpc) is 3.02. The van der Waals surface area contributed by atoms with Crippen LogP contribution in [-0.4, -0.2) is 151 Å². The van der Waals surface area contributed by atoms with E-state index in [1.807, 2.05) is 0 Å². The van der Waals surface area contributed by atoms with Gasteiger partial charge in [-0.1, -0.05) is 0 Å². The van der Waals surface area contributed by atoms with Crippen LogP contribution < -0.4 is 15.8 Å². The molecule has 44 heavy (non-hydrogen) atoms. The second-order valence-corrected chi connectivity index (χ2v) is 8.97. The molecule has 1 amide bonds. The maximum absolute atomic E-state index is 11.0. The molecule has 0 bridgehead atoms. The fraction of sp³-hybridized carbons (Fsp3) is 0.767. The Bertz CT molecular complexity index is 745. The van der Waals surface area contributed by atoms with E-state index in [1.165, 1.54) is 6.92 Å². The van der Waals surface area contributed by atoms with Gasteiger partial charge < -0.3 is 63.2 Å². The minimum absolute atomic E-state index is 0.108. The van der Waals surface area contributed by atoms with Crippen LogP contribution in [0.3, 0.4) is 0 Å². The van der Waals surface area contributed by atoms with Gasteiger partial charge in [-0.3, -0.25) is 4.79 Å². The lowest BCUT2D eigenvalue weighted by Gasteiger charge is -2.09. The third-order valence-electron chi connectivity index (χ3n) is 5.28. The van der Waals surface area contributed by atoms with Crippen LogP contribution in [0.4, 0.5) is 5.69 Å². The van der Waals surface area contributed by atoms with Crippen LogP contribution in [0, 0.1) is 0 Å². The highest BCUT2D eigenvalue weighted by Gasteiger charge is 1.99. The molecule has 0 radical (unpaired) electrons. The number of anilines is 1. The van der Waals surface area contributed by atoms with Crippen molar-refractivity contribution >= 4 is 11.6 Å². The van der Waals surface area contributed by atoms with Crippen LogP contribution in [0.5, 0.6) is 5.75 Å². The van der Waals surface area contributed by atoms with E-state index in [2.05, 4.69) is 5.32 Å². The van der Waals surface area contributed by atoms with Gasteiger partial charge in [0.05, 0.1) is 132 Å². The Morgan fingerprint density at radius 3 is 1.02 bits per heavy atom. The fourth-order valence-electron chi connectivity index (χ4n) is 3.22. The monoisotopic (exact) mass is 634 g/mol. The van der Waals surface area contributed by atoms with Crippen LogP contribution >= 0.6 is 0 Å². The quantitative estimate of drug-likeness (QED) is 0.104. The van der Waals surface area contributed by atoms with Gasteiger partial charge in [-0.2, -0.15) is 0 Å². The largest absolute Gasteiger partial charge is 0.491 e. The number of ether oxygens (including phenoxy) is 11. The Morgan fingerprint density at radius 1 is 0.477 bits per heavy atom. The highest BCUT2D eigenvalue weighted by molar-refractivity contribution is 5.88. The first-order valence-corrected chi connectivity index (χ1v) is 15.2. The van der Waals surface area contributed by atoms with E-state index in [-0.39, 0.29) is 5.91 Å². The molecule has 0 saturated heterocycles. The van der Waals surface area contributed by atoms with E-state index < -0.39 is 0 Å². The summed E-state index contributed by atoms with van der Waals surface area (Å²) in [5.41, 5.74) is 6.06. The van der Waals surface area contributed by atoms with Crippen LogP contribution in [0.25, 0.3) is 0 Å². The summed E-state index contributed by atoms with van der Waals surface area (Å²) in [5.74, 6) is 0.609. The van der Waals surface area contributed by atoms with Gasteiger partial charge in [-0.25, -0.2) is 0 Å². The highest BCUT2D eigenvalue weighted by Crippen LogP contribution is 2.15. The summed E-state index contributed by atoms with van der Waals surface area (Å²) in [6.07, 6.45) is 0. The van der Waals surface area contributed by atoms with Crippen LogP contribution in [0.2, 0.25) is 0 Å². The van der Waals surface area contributed by atoms with Crippen molar-refractivity contribution in [3.63, 3.8) is 0 Å². The summed E-state index contributed by atoms with van der Waals surface area (Å²) >= 11 is 0. The second kappa shape index (κ2) is 32.4.